The molecule has 1 aliphatic heterocycles. The molecule has 0 saturated carbocycles. The number of hydrogen-bond donors (Lipinski definition) is 2. The van der Waals surface area contributed by atoms with E-state index >= 15 is 0 Å². The molecule has 1 aromatic carbocycles. The zero-order valence-corrected chi connectivity index (χ0v) is 14.0. The maximum Gasteiger partial charge on any atom is 0.241 e. The summed E-state index contributed by atoms with van der Waals surface area (Å²) >= 11 is 0. The Balaban J connectivity index is 2.36. The molecule has 5 heteroatoms. The molecule has 21 heavy (non-hydrogen) atoms. The number of aryl methyl sites for hydroxylation is 1. The summed E-state index contributed by atoms with van der Waals surface area (Å²) < 4.78 is 28.3. The molecule has 1 atom stereocenters. The second-order valence-corrected chi connectivity index (χ2v) is 7.46. The van der Waals surface area contributed by atoms with Crippen molar-refractivity contribution in [1.29, 1.82) is 0 Å². The van der Waals surface area contributed by atoms with Gasteiger partial charge in [0.05, 0.1) is 4.90 Å². The summed E-state index contributed by atoms with van der Waals surface area (Å²) in [4.78, 5) is 0.449. The van der Waals surface area contributed by atoms with Gasteiger partial charge >= 0.3 is 0 Å². The maximum absolute atomic E-state index is 12.7. The van der Waals surface area contributed by atoms with Crippen molar-refractivity contribution in [3.8, 4) is 0 Å². The van der Waals surface area contributed by atoms with Crippen LogP contribution in [-0.2, 0) is 16.4 Å². The predicted molar refractivity (Wildman–Crippen MR) is 87.3 cm³/mol. The van der Waals surface area contributed by atoms with Gasteiger partial charge in [-0.3, -0.25) is 0 Å². The molecule has 0 bridgehead atoms. The second-order valence-electron chi connectivity index (χ2n) is 5.78. The van der Waals surface area contributed by atoms with Crippen molar-refractivity contribution in [2.24, 2.45) is 0 Å². The fourth-order valence-electron chi connectivity index (χ4n) is 2.95. The summed E-state index contributed by atoms with van der Waals surface area (Å²) in [5, 5.41) is 3.34. The highest BCUT2D eigenvalue weighted by Gasteiger charge is 2.25. The lowest BCUT2D eigenvalue weighted by atomic mass is 10.00. The molecule has 0 radical (unpaired) electrons. The zero-order valence-electron chi connectivity index (χ0n) is 13.2. The summed E-state index contributed by atoms with van der Waals surface area (Å²) in [5.41, 5.74) is 3.07. The molecule has 1 aromatic rings. The minimum absolute atomic E-state index is 0.0218. The average Bonchev–Trinajstić information content (AvgIpc) is 2.47. The molecule has 0 aliphatic carbocycles. The first-order valence-corrected chi connectivity index (χ1v) is 9.36. The van der Waals surface area contributed by atoms with Gasteiger partial charge in [0.15, 0.2) is 0 Å². The Morgan fingerprint density at radius 2 is 2.10 bits per heavy atom. The van der Waals surface area contributed by atoms with E-state index in [-0.39, 0.29) is 6.04 Å². The largest absolute Gasteiger partial charge is 0.385 e. The first kappa shape index (κ1) is 16.3. The number of rotatable bonds is 6. The van der Waals surface area contributed by atoms with Crippen LogP contribution in [0, 0.1) is 6.92 Å². The van der Waals surface area contributed by atoms with Crippen LogP contribution in [-0.4, -0.2) is 21.0 Å². The quantitative estimate of drug-likeness (QED) is 0.848. The molecule has 0 spiro atoms. The van der Waals surface area contributed by atoms with E-state index in [1.807, 2.05) is 19.9 Å². The molecule has 4 nitrogen and oxygen atoms in total. The Hall–Kier alpha value is -1.07. The van der Waals surface area contributed by atoms with E-state index in [0.29, 0.717) is 4.90 Å². The van der Waals surface area contributed by atoms with Crippen molar-refractivity contribution < 1.29 is 8.42 Å². The fourth-order valence-corrected chi connectivity index (χ4v) is 4.57. The van der Waals surface area contributed by atoms with Gasteiger partial charge < -0.3 is 5.32 Å². The van der Waals surface area contributed by atoms with Crippen molar-refractivity contribution in [3.63, 3.8) is 0 Å². The molecule has 0 saturated heterocycles. The van der Waals surface area contributed by atoms with Crippen molar-refractivity contribution in [3.05, 3.63) is 23.3 Å². The highest BCUT2D eigenvalue weighted by molar-refractivity contribution is 7.89. The van der Waals surface area contributed by atoms with Crippen molar-refractivity contribution in [1.82, 2.24) is 4.72 Å². The van der Waals surface area contributed by atoms with Gasteiger partial charge in [-0.05, 0) is 49.8 Å². The fraction of sp³-hybridized carbons (Fsp3) is 0.625. The van der Waals surface area contributed by atoms with Crippen molar-refractivity contribution >= 4 is 15.7 Å². The van der Waals surface area contributed by atoms with E-state index in [0.717, 1.165) is 55.5 Å². The third-order valence-electron chi connectivity index (χ3n) is 4.12. The highest BCUT2D eigenvalue weighted by atomic mass is 32.2. The molecule has 2 N–H and O–H groups in total. The first-order chi connectivity index (χ1) is 9.99. The lowest BCUT2D eigenvalue weighted by Crippen LogP contribution is -2.35. The average molecular weight is 310 g/mol. The monoisotopic (exact) mass is 310 g/mol. The zero-order chi connectivity index (χ0) is 15.5. The molecule has 118 valence electrons. The van der Waals surface area contributed by atoms with E-state index in [2.05, 4.69) is 17.0 Å². The number of anilines is 1. The highest BCUT2D eigenvalue weighted by Crippen LogP contribution is 2.31. The molecule has 2 rings (SSSR count). The van der Waals surface area contributed by atoms with E-state index in [9.17, 15) is 8.42 Å². The summed E-state index contributed by atoms with van der Waals surface area (Å²) in [7, 11) is -3.44. The first-order valence-electron chi connectivity index (χ1n) is 7.88. The van der Waals surface area contributed by atoms with Gasteiger partial charge in [0.1, 0.15) is 0 Å². The third kappa shape index (κ3) is 3.58. The smallest absolute Gasteiger partial charge is 0.241 e. The van der Waals surface area contributed by atoms with Gasteiger partial charge in [0, 0.05) is 18.3 Å². The SMILES string of the molecule is CCCC(CC)NS(=O)(=O)c1ccc(C)c2c1CCCN2. The molecule has 0 aromatic heterocycles. The van der Waals surface area contributed by atoms with Gasteiger partial charge in [-0.1, -0.05) is 26.3 Å². The molecule has 0 fully saturated rings. The second kappa shape index (κ2) is 6.79. The van der Waals surface area contributed by atoms with Crippen LogP contribution in [0.25, 0.3) is 0 Å². The van der Waals surface area contributed by atoms with Crippen molar-refractivity contribution in [2.45, 2.75) is 63.8 Å². The minimum Gasteiger partial charge on any atom is -0.385 e. The van der Waals surface area contributed by atoms with Gasteiger partial charge in [-0.15, -0.1) is 0 Å². The van der Waals surface area contributed by atoms with E-state index in [4.69, 9.17) is 0 Å². The van der Waals surface area contributed by atoms with Crippen LogP contribution in [0.4, 0.5) is 5.69 Å². The third-order valence-corrected chi connectivity index (χ3v) is 5.73. The normalized spacial score (nSPS) is 16.1. The van der Waals surface area contributed by atoms with Crippen LogP contribution >= 0.6 is 0 Å². The number of hydrogen-bond acceptors (Lipinski definition) is 3. The number of nitrogens with one attached hydrogen (secondary N) is 2. The van der Waals surface area contributed by atoms with Gasteiger partial charge in [0.2, 0.25) is 10.0 Å². The lowest BCUT2D eigenvalue weighted by Gasteiger charge is -2.24. The minimum atomic E-state index is -3.44. The molecule has 0 amide bonds. The lowest BCUT2D eigenvalue weighted by molar-refractivity contribution is 0.511. The van der Waals surface area contributed by atoms with E-state index in [1.54, 1.807) is 6.07 Å². The summed E-state index contributed by atoms with van der Waals surface area (Å²) in [6.07, 6.45) is 4.48. The maximum atomic E-state index is 12.7. The summed E-state index contributed by atoms with van der Waals surface area (Å²) in [6.45, 7) is 7.04. The van der Waals surface area contributed by atoms with Crippen LogP contribution in [0.2, 0.25) is 0 Å². The van der Waals surface area contributed by atoms with Crippen LogP contribution in [0.15, 0.2) is 17.0 Å². The van der Waals surface area contributed by atoms with Gasteiger partial charge in [-0.25, -0.2) is 13.1 Å². The Bertz CT molecular complexity index is 597. The Morgan fingerprint density at radius 1 is 1.33 bits per heavy atom. The Morgan fingerprint density at radius 3 is 2.76 bits per heavy atom. The number of benzene rings is 1. The summed E-state index contributed by atoms with van der Waals surface area (Å²) in [5.74, 6) is 0. The van der Waals surface area contributed by atoms with Crippen LogP contribution in [0.1, 0.15) is 50.7 Å². The van der Waals surface area contributed by atoms with Crippen LogP contribution in [0.5, 0.6) is 0 Å². The van der Waals surface area contributed by atoms with Gasteiger partial charge in [0.25, 0.3) is 0 Å². The van der Waals surface area contributed by atoms with Crippen LogP contribution in [0.3, 0.4) is 0 Å². The molecular weight excluding hydrogens is 284 g/mol. The Kier molecular flexibility index (Phi) is 5.27. The number of sulfonamides is 1. The molecule has 1 heterocycles. The summed E-state index contributed by atoms with van der Waals surface area (Å²) in [6, 6.07) is 3.67. The van der Waals surface area contributed by atoms with Gasteiger partial charge in [-0.2, -0.15) is 0 Å². The van der Waals surface area contributed by atoms with Crippen LogP contribution < -0.4 is 10.0 Å². The molecule has 1 aliphatic rings. The predicted octanol–water partition coefficient (Wildman–Crippen LogP) is 3.21. The van der Waals surface area contributed by atoms with E-state index < -0.39 is 10.0 Å². The molecular formula is C16H26N2O2S. The Labute approximate surface area is 128 Å². The standard InChI is InChI=1S/C16H26N2O2S/c1-4-7-13(5-2)18-21(19,20)15-10-9-12(3)16-14(15)8-6-11-17-16/h9-10,13,17-18H,4-8,11H2,1-3H3. The molecule has 1 unspecified atom stereocenters. The van der Waals surface area contributed by atoms with E-state index in [1.165, 1.54) is 0 Å². The topological polar surface area (TPSA) is 58.2 Å². The number of fused-ring (bicyclic) bond motifs is 1. The van der Waals surface area contributed by atoms with Crippen molar-refractivity contribution in [2.75, 3.05) is 11.9 Å².